The minimum absolute atomic E-state index is 0.0260. The third kappa shape index (κ3) is 1.62. The molecule has 0 saturated carbocycles. The third-order valence-electron chi connectivity index (χ3n) is 5.20. The second-order valence-electron chi connectivity index (χ2n) is 6.55. The molecule has 0 atom stereocenters. The first-order chi connectivity index (χ1) is 12.7. The van der Waals surface area contributed by atoms with Crippen LogP contribution in [0.2, 0.25) is 0 Å². The van der Waals surface area contributed by atoms with Crippen LogP contribution in [0.1, 0.15) is 0 Å². The van der Waals surface area contributed by atoms with Crippen LogP contribution in [0.15, 0.2) is 76.0 Å². The number of hydrogen-bond acceptors (Lipinski definition) is 2. The average molecular weight is 399 g/mol. The molecule has 0 unspecified atom stereocenters. The summed E-state index contributed by atoms with van der Waals surface area (Å²) in [5, 5.41) is 5.83. The molecule has 0 radical (unpaired) electrons. The molecule has 6 rings (SSSR count). The first-order valence-corrected chi connectivity index (χ1v) is 9.20. The van der Waals surface area contributed by atoms with Gasteiger partial charge in [-0.1, -0.05) is 52.3 Å². The van der Waals surface area contributed by atoms with E-state index in [0.717, 1.165) is 42.4 Å². The fourth-order valence-electron chi connectivity index (χ4n) is 4.10. The molecule has 4 heteroatoms. The van der Waals surface area contributed by atoms with Gasteiger partial charge in [0.05, 0.1) is 11.0 Å². The predicted molar refractivity (Wildman–Crippen MR) is 110 cm³/mol. The molecule has 2 heterocycles. The standard InChI is InChI=1S/C22H11BrN2O/c23-16-11-10-14-20-13(16)6-3-7-15(20)22(26)25-18-9-2-5-12-4-1-8-17(19(12)18)24-21(14)25/h1-11H. The number of fused-ring (bicyclic) bond motifs is 3. The molecule has 0 saturated heterocycles. The molecule has 0 spiro atoms. The molecule has 0 N–H and O–H groups in total. The summed E-state index contributed by atoms with van der Waals surface area (Å²) in [5.41, 5.74) is 2.49. The Labute approximate surface area is 156 Å². The summed E-state index contributed by atoms with van der Waals surface area (Å²) in [6.45, 7) is 0. The zero-order valence-corrected chi connectivity index (χ0v) is 15.1. The molecule has 0 aliphatic rings. The van der Waals surface area contributed by atoms with Crippen molar-refractivity contribution in [1.29, 1.82) is 0 Å². The second kappa shape index (κ2) is 4.80. The summed E-state index contributed by atoms with van der Waals surface area (Å²) >= 11 is 3.61. The Hall–Kier alpha value is -2.98. The van der Waals surface area contributed by atoms with E-state index in [1.807, 2.05) is 54.6 Å². The topological polar surface area (TPSA) is 34.4 Å². The van der Waals surface area contributed by atoms with E-state index in [1.165, 1.54) is 0 Å². The molecule has 26 heavy (non-hydrogen) atoms. The van der Waals surface area contributed by atoms with Crippen LogP contribution in [0.5, 0.6) is 0 Å². The highest BCUT2D eigenvalue weighted by atomic mass is 79.9. The van der Waals surface area contributed by atoms with Gasteiger partial charge in [-0.3, -0.25) is 9.20 Å². The maximum Gasteiger partial charge on any atom is 0.264 e. The average Bonchev–Trinajstić information content (AvgIpc) is 2.67. The first kappa shape index (κ1) is 14.2. The normalized spacial score (nSPS) is 12.2. The zero-order chi connectivity index (χ0) is 17.4. The highest BCUT2D eigenvalue weighted by Gasteiger charge is 2.16. The van der Waals surface area contributed by atoms with Crippen molar-refractivity contribution in [2.45, 2.75) is 0 Å². The molecule has 2 aromatic heterocycles. The fourth-order valence-corrected chi connectivity index (χ4v) is 4.56. The van der Waals surface area contributed by atoms with Gasteiger partial charge in [-0.05, 0) is 41.1 Å². The van der Waals surface area contributed by atoms with E-state index >= 15 is 0 Å². The fraction of sp³-hybridized carbons (Fsp3) is 0. The van der Waals surface area contributed by atoms with Gasteiger partial charge in [-0.2, -0.15) is 0 Å². The van der Waals surface area contributed by atoms with E-state index < -0.39 is 0 Å². The first-order valence-electron chi connectivity index (χ1n) is 8.40. The number of halogens is 1. The Morgan fingerprint density at radius 2 is 1.54 bits per heavy atom. The third-order valence-corrected chi connectivity index (χ3v) is 5.89. The van der Waals surface area contributed by atoms with Crippen molar-refractivity contribution in [1.82, 2.24) is 9.38 Å². The molecule has 122 valence electrons. The van der Waals surface area contributed by atoms with Crippen LogP contribution in [0.25, 0.3) is 49.0 Å². The lowest BCUT2D eigenvalue weighted by atomic mass is 10.0. The Kier molecular flexibility index (Phi) is 2.62. The molecular formula is C22H11BrN2O. The molecule has 4 aromatic carbocycles. The monoisotopic (exact) mass is 398 g/mol. The number of nitrogens with zero attached hydrogens (tertiary/aromatic N) is 2. The minimum atomic E-state index is -0.0260. The Bertz CT molecular complexity index is 1560. The van der Waals surface area contributed by atoms with Gasteiger partial charge in [0.25, 0.3) is 5.56 Å². The predicted octanol–water partition coefficient (Wildman–Crippen LogP) is 5.51. The SMILES string of the molecule is O=c1c2cccc3c(Br)ccc(c32)c2nc3cccc4cccc(c43)n12. The van der Waals surface area contributed by atoms with Gasteiger partial charge in [0.15, 0.2) is 0 Å². The van der Waals surface area contributed by atoms with E-state index in [2.05, 4.69) is 28.1 Å². The van der Waals surface area contributed by atoms with Crippen molar-refractivity contribution >= 4 is 64.9 Å². The van der Waals surface area contributed by atoms with Crippen molar-refractivity contribution < 1.29 is 0 Å². The molecule has 3 nitrogen and oxygen atoms in total. The van der Waals surface area contributed by atoms with Gasteiger partial charge < -0.3 is 0 Å². The largest absolute Gasteiger partial charge is 0.268 e. The maximum atomic E-state index is 13.4. The highest BCUT2D eigenvalue weighted by Crippen LogP contribution is 2.34. The van der Waals surface area contributed by atoms with Crippen molar-refractivity contribution in [2.75, 3.05) is 0 Å². The van der Waals surface area contributed by atoms with Crippen LogP contribution >= 0.6 is 15.9 Å². The summed E-state index contributed by atoms with van der Waals surface area (Å²) in [5.74, 6) is 0. The van der Waals surface area contributed by atoms with Gasteiger partial charge in [-0.25, -0.2) is 4.98 Å². The van der Waals surface area contributed by atoms with E-state index in [9.17, 15) is 4.79 Å². The molecule has 0 amide bonds. The maximum absolute atomic E-state index is 13.4. The summed E-state index contributed by atoms with van der Waals surface area (Å²) in [6.07, 6.45) is 0. The van der Waals surface area contributed by atoms with E-state index in [1.54, 1.807) is 4.40 Å². The second-order valence-corrected chi connectivity index (χ2v) is 7.41. The smallest absolute Gasteiger partial charge is 0.264 e. The molecule has 0 fully saturated rings. The molecule has 0 bridgehead atoms. The number of rotatable bonds is 0. The number of aromatic nitrogens is 2. The van der Waals surface area contributed by atoms with Crippen molar-refractivity contribution in [3.05, 3.63) is 81.6 Å². The Balaban J connectivity index is 2.07. The summed E-state index contributed by atoms with van der Waals surface area (Å²) in [6, 6.07) is 22.1. The number of hydrogen-bond donors (Lipinski definition) is 0. The van der Waals surface area contributed by atoms with Crippen LogP contribution in [0.3, 0.4) is 0 Å². The van der Waals surface area contributed by atoms with E-state index in [4.69, 9.17) is 4.98 Å². The van der Waals surface area contributed by atoms with Crippen LogP contribution < -0.4 is 5.56 Å². The highest BCUT2D eigenvalue weighted by molar-refractivity contribution is 9.10. The molecule has 0 aliphatic heterocycles. The summed E-state index contributed by atoms with van der Waals surface area (Å²) < 4.78 is 2.75. The Morgan fingerprint density at radius 3 is 2.42 bits per heavy atom. The van der Waals surface area contributed by atoms with Crippen molar-refractivity contribution in [3.8, 4) is 0 Å². The summed E-state index contributed by atoms with van der Waals surface area (Å²) in [4.78, 5) is 18.3. The number of benzene rings is 4. The molecule has 6 aromatic rings. The van der Waals surface area contributed by atoms with E-state index in [-0.39, 0.29) is 5.56 Å². The number of pyridine rings is 1. The van der Waals surface area contributed by atoms with Crippen LogP contribution in [-0.4, -0.2) is 9.38 Å². The van der Waals surface area contributed by atoms with Gasteiger partial charge in [0, 0.05) is 26.0 Å². The Morgan fingerprint density at radius 1 is 0.769 bits per heavy atom. The molecular weight excluding hydrogens is 388 g/mol. The van der Waals surface area contributed by atoms with Gasteiger partial charge >= 0.3 is 0 Å². The quantitative estimate of drug-likeness (QED) is 0.249. The molecule has 0 aliphatic carbocycles. The van der Waals surface area contributed by atoms with Crippen LogP contribution in [0.4, 0.5) is 0 Å². The zero-order valence-electron chi connectivity index (χ0n) is 13.5. The lowest BCUT2D eigenvalue weighted by molar-refractivity contribution is 1.15. The van der Waals surface area contributed by atoms with Gasteiger partial charge in [-0.15, -0.1) is 0 Å². The van der Waals surface area contributed by atoms with Crippen molar-refractivity contribution in [2.24, 2.45) is 0 Å². The summed E-state index contributed by atoms with van der Waals surface area (Å²) in [7, 11) is 0. The van der Waals surface area contributed by atoms with Gasteiger partial charge in [0.2, 0.25) is 0 Å². The van der Waals surface area contributed by atoms with Crippen molar-refractivity contribution in [3.63, 3.8) is 0 Å². The van der Waals surface area contributed by atoms with Crippen LogP contribution in [0, 0.1) is 0 Å². The minimum Gasteiger partial charge on any atom is -0.268 e. The van der Waals surface area contributed by atoms with Crippen LogP contribution in [-0.2, 0) is 0 Å². The lowest BCUT2D eigenvalue weighted by Gasteiger charge is -2.14. The lowest BCUT2D eigenvalue weighted by Crippen LogP contribution is -2.16. The van der Waals surface area contributed by atoms with Gasteiger partial charge in [0.1, 0.15) is 5.65 Å². The van der Waals surface area contributed by atoms with E-state index in [0.29, 0.717) is 11.0 Å².